The maximum atomic E-state index is 6.11. The summed E-state index contributed by atoms with van der Waals surface area (Å²) in [7, 11) is 3.67. The minimum absolute atomic E-state index is 0. The highest BCUT2D eigenvalue weighted by molar-refractivity contribution is 14.0. The van der Waals surface area contributed by atoms with Crippen LogP contribution < -0.4 is 10.1 Å². The molecule has 2 aliphatic heterocycles. The zero-order valence-electron chi connectivity index (χ0n) is 17.9. The normalized spacial score (nSPS) is 19.7. The SMILES string of the molecule is CN=C(NCC1CCN(CCOC)CC1)N1CCC(Oc2ccccc2)CC1.I. The van der Waals surface area contributed by atoms with Crippen LogP contribution in [0.1, 0.15) is 25.7 Å². The van der Waals surface area contributed by atoms with Gasteiger partial charge in [-0.1, -0.05) is 18.2 Å². The average molecular weight is 516 g/mol. The molecule has 1 aromatic rings. The van der Waals surface area contributed by atoms with Crippen molar-refractivity contribution < 1.29 is 9.47 Å². The number of ether oxygens (including phenoxy) is 2. The third-order valence-electron chi connectivity index (χ3n) is 5.87. The van der Waals surface area contributed by atoms with E-state index in [1.807, 2.05) is 37.4 Å². The number of piperidine rings is 2. The summed E-state index contributed by atoms with van der Waals surface area (Å²) in [5, 5.41) is 3.62. The number of guanidine groups is 1. The molecular formula is C22H37IN4O2. The molecule has 29 heavy (non-hydrogen) atoms. The molecule has 1 N–H and O–H groups in total. The number of nitrogens with zero attached hydrogens (tertiary/aromatic N) is 3. The molecule has 0 radical (unpaired) electrons. The lowest BCUT2D eigenvalue weighted by Crippen LogP contribution is -2.49. The Hall–Kier alpha value is -1.06. The van der Waals surface area contributed by atoms with Gasteiger partial charge in [0, 0.05) is 53.2 Å². The van der Waals surface area contributed by atoms with Gasteiger partial charge in [-0.15, -0.1) is 24.0 Å². The quantitative estimate of drug-likeness (QED) is 0.343. The predicted molar refractivity (Wildman–Crippen MR) is 129 cm³/mol. The van der Waals surface area contributed by atoms with Crippen LogP contribution in [0.15, 0.2) is 35.3 Å². The highest BCUT2D eigenvalue weighted by Gasteiger charge is 2.24. The fraction of sp³-hybridized carbons (Fsp3) is 0.682. The third-order valence-corrected chi connectivity index (χ3v) is 5.87. The van der Waals surface area contributed by atoms with Gasteiger partial charge in [0.15, 0.2) is 5.96 Å². The Morgan fingerprint density at radius 1 is 1.07 bits per heavy atom. The van der Waals surface area contributed by atoms with Crippen LogP contribution in [0.25, 0.3) is 0 Å². The van der Waals surface area contributed by atoms with Gasteiger partial charge >= 0.3 is 0 Å². The lowest BCUT2D eigenvalue weighted by atomic mass is 9.97. The summed E-state index contributed by atoms with van der Waals surface area (Å²) in [4.78, 5) is 9.40. The zero-order chi connectivity index (χ0) is 19.6. The number of methoxy groups -OCH3 is 1. The van der Waals surface area contributed by atoms with E-state index in [4.69, 9.17) is 9.47 Å². The molecule has 2 aliphatic rings. The summed E-state index contributed by atoms with van der Waals surface area (Å²) in [6.45, 7) is 7.25. The summed E-state index contributed by atoms with van der Waals surface area (Å²) in [5.41, 5.74) is 0. The van der Waals surface area contributed by atoms with E-state index < -0.39 is 0 Å². The van der Waals surface area contributed by atoms with Crippen molar-refractivity contribution in [3.8, 4) is 5.75 Å². The van der Waals surface area contributed by atoms with E-state index in [0.29, 0.717) is 6.10 Å². The second-order valence-electron chi connectivity index (χ2n) is 7.82. The molecule has 0 aromatic heterocycles. The number of nitrogens with one attached hydrogen (secondary N) is 1. The molecule has 2 fully saturated rings. The van der Waals surface area contributed by atoms with Crippen LogP contribution in [-0.2, 0) is 4.74 Å². The van der Waals surface area contributed by atoms with Crippen molar-refractivity contribution >= 4 is 29.9 Å². The minimum atomic E-state index is 0. The molecule has 0 saturated carbocycles. The first-order chi connectivity index (χ1) is 13.8. The molecule has 0 spiro atoms. The van der Waals surface area contributed by atoms with Gasteiger partial charge in [-0.2, -0.15) is 0 Å². The molecule has 0 bridgehead atoms. The van der Waals surface area contributed by atoms with E-state index in [-0.39, 0.29) is 24.0 Å². The van der Waals surface area contributed by atoms with Gasteiger partial charge in [0.05, 0.1) is 6.61 Å². The molecule has 164 valence electrons. The monoisotopic (exact) mass is 516 g/mol. The summed E-state index contributed by atoms with van der Waals surface area (Å²) < 4.78 is 11.3. The summed E-state index contributed by atoms with van der Waals surface area (Å²) in [6, 6.07) is 10.1. The van der Waals surface area contributed by atoms with E-state index in [1.54, 1.807) is 7.11 Å². The second kappa shape index (κ2) is 13.3. The number of aliphatic imine (C=N–C) groups is 1. The van der Waals surface area contributed by atoms with Gasteiger partial charge in [0.1, 0.15) is 11.9 Å². The lowest BCUT2D eigenvalue weighted by Gasteiger charge is -2.36. The molecular weight excluding hydrogens is 479 g/mol. The summed E-state index contributed by atoms with van der Waals surface area (Å²) in [6.07, 6.45) is 4.87. The molecule has 6 nitrogen and oxygen atoms in total. The maximum absolute atomic E-state index is 6.11. The Kier molecular flexibility index (Phi) is 11.1. The smallest absolute Gasteiger partial charge is 0.193 e. The highest BCUT2D eigenvalue weighted by atomic mass is 127. The van der Waals surface area contributed by atoms with Gasteiger partial charge in [-0.05, 0) is 44.0 Å². The van der Waals surface area contributed by atoms with Crippen molar-refractivity contribution in [2.45, 2.75) is 31.8 Å². The van der Waals surface area contributed by atoms with Gasteiger partial charge in [-0.25, -0.2) is 0 Å². The first-order valence-electron chi connectivity index (χ1n) is 10.7. The zero-order valence-corrected chi connectivity index (χ0v) is 20.2. The summed E-state index contributed by atoms with van der Waals surface area (Å²) >= 11 is 0. The molecule has 1 aromatic carbocycles. The molecule has 0 atom stereocenters. The number of benzene rings is 1. The molecule has 0 aliphatic carbocycles. The van der Waals surface area contributed by atoms with E-state index in [9.17, 15) is 0 Å². The van der Waals surface area contributed by atoms with E-state index in [1.165, 1.54) is 25.9 Å². The largest absolute Gasteiger partial charge is 0.490 e. The van der Waals surface area contributed by atoms with Crippen LogP contribution in [0.4, 0.5) is 0 Å². The average Bonchev–Trinajstić information content (AvgIpc) is 2.75. The van der Waals surface area contributed by atoms with Crippen molar-refractivity contribution in [3.63, 3.8) is 0 Å². The fourth-order valence-corrected chi connectivity index (χ4v) is 4.08. The predicted octanol–water partition coefficient (Wildman–Crippen LogP) is 3.08. The number of para-hydroxylation sites is 1. The number of likely N-dealkylation sites (tertiary alicyclic amines) is 2. The van der Waals surface area contributed by atoms with Gasteiger partial charge < -0.3 is 24.6 Å². The molecule has 2 heterocycles. The number of rotatable bonds is 7. The topological polar surface area (TPSA) is 49.3 Å². The lowest BCUT2D eigenvalue weighted by molar-refractivity contribution is 0.119. The molecule has 0 amide bonds. The van der Waals surface area contributed by atoms with E-state index >= 15 is 0 Å². The van der Waals surface area contributed by atoms with Gasteiger partial charge in [0.25, 0.3) is 0 Å². The Morgan fingerprint density at radius 2 is 1.76 bits per heavy atom. The van der Waals surface area contributed by atoms with Crippen molar-refractivity contribution in [1.82, 2.24) is 15.1 Å². The van der Waals surface area contributed by atoms with E-state index in [0.717, 1.165) is 63.3 Å². The molecule has 2 saturated heterocycles. The standard InChI is InChI=1S/C22H36N4O2.HI/c1-23-22(24-18-19-8-12-25(13-9-19)16-17-27-2)26-14-10-21(11-15-26)28-20-6-4-3-5-7-20;/h3-7,19,21H,8-18H2,1-2H3,(H,23,24);1H. The molecule has 7 heteroatoms. The molecule has 3 rings (SSSR count). The summed E-state index contributed by atoms with van der Waals surface area (Å²) in [5.74, 6) is 2.75. The van der Waals surface area contributed by atoms with Crippen LogP contribution in [0, 0.1) is 5.92 Å². The first kappa shape index (κ1) is 24.2. The van der Waals surface area contributed by atoms with Crippen LogP contribution in [0.3, 0.4) is 0 Å². The fourth-order valence-electron chi connectivity index (χ4n) is 4.08. The minimum Gasteiger partial charge on any atom is -0.490 e. The third kappa shape index (κ3) is 7.94. The van der Waals surface area contributed by atoms with Crippen LogP contribution in [0.2, 0.25) is 0 Å². The van der Waals surface area contributed by atoms with Crippen LogP contribution in [-0.4, -0.2) is 81.9 Å². The Morgan fingerprint density at radius 3 is 2.38 bits per heavy atom. The van der Waals surface area contributed by atoms with E-state index in [2.05, 4.69) is 20.1 Å². The first-order valence-corrected chi connectivity index (χ1v) is 10.7. The van der Waals surface area contributed by atoms with Crippen molar-refractivity contribution in [2.24, 2.45) is 10.9 Å². The maximum Gasteiger partial charge on any atom is 0.193 e. The number of hydrogen-bond acceptors (Lipinski definition) is 4. The Labute approximate surface area is 193 Å². The second-order valence-corrected chi connectivity index (χ2v) is 7.82. The van der Waals surface area contributed by atoms with Crippen LogP contribution in [0.5, 0.6) is 5.75 Å². The number of halogens is 1. The Bertz CT molecular complexity index is 586. The van der Waals surface area contributed by atoms with Crippen molar-refractivity contribution in [2.75, 3.05) is 60.0 Å². The van der Waals surface area contributed by atoms with Gasteiger partial charge in [-0.3, -0.25) is 4.99 Å². The highest BCUT2D eigenvalue weighted by Crippen LogP contribution is 2.19. The van der Waals surface area contributed by atoms with Gasteiger partial charge in [0.2, 0.25) is 0 Å². The Balaban J connectivity index is 0.00000300. The van der Waals surface area contributed by atoms with Crippen molar-refractivity contribution in [1.29, 1.82) is 0 Å². The van der Waals surface area contributed by atoms with Crippen LogP contribution >= 0.6 is 24.0 Å². The number of hydrogen-bond donors (Lipinski definition) is 1. The molecule has 0 unspecified atom stereocenters. The van der Waals surface area contributed by atoms with Crippen molar-refractivity contribution in [3.05, 3.63) is 30.3 Å².